The molecule has 1 amide bonds. The molecule has 6 aromatic rings. The Hall–Kier alpha value is -5.37. The van der Waals surface area contributed by atoms with Crippen LogP contribution < -0.4 is 15.9 Å². The average molecular weight is 788 g/mol. The van der Waals surface area contributed by atoms with E-state index >= 15 is 8.78 Å². The average Bonchev–Trinajstić information content (AvgIpc) is 3.31. The van der Waals surface area contributed by atoms with Crippen LogP contribution in [0.25, 0.3) is 27.1 Å². The predicted molar refractivity (Wildman–Crippen MR) is 183 cm³/mol. The summed E-state index contributed by atoms with van der Waals surface area (Å²) < 4.78 is 104. The maximum atomic E-state index is 15.4. The zero-order valence-corrected chi connectivity index (χ0v) is 29.5. The molecule has 9 rings (SSSR count). The second kappa shape index (κ2) is 11.8. The van der Waals surface area contributed by atoms with Crippen molar-refractivity contribution in [2.75, 3.05) is 18.0 Å². The second-order valence-electron chi connectivity index (χ2n) is 14.6. The topological polar surface area (TPSA) is 146 Å². The number of alkyl halides is 5. The van der Waals surface area contributed by atoms with E-state index in [1.54, 1.807) is 32.0 Å². The van der Waals surface area contributed by atoms with Crippen LogP contribution in [0.1, 0.15) is 59.2 Å². The minimum absolute atomic E-state index is 0.0570. The van der Waals surface area contributed by atoms with Crippen LogP contribution in [0.5, 0.6) is 0 Å². The number of aromatic nitrogens is 7. The number of H-pyrrole nitrogens is 1. The number of amides is 1. The Kier molecular flexibility index (Phi) is 7.59. The quantitative estimate of drug-likeness (QED) is 0.175. The number of aryl methyl sites for hydroxylation is 1. The van der Waals surface area contributed by atoms with Crippen molar-refractivity contribution in [2.45, 2.75) is 62.9 Å². The van der Waals surface area contributed by atoms with Crippen molar-refractivity contribution in [2.24, 2.45) is 5.92 Å². The van der Waals surface area contributed by atoms with E-state index in [0.717, 1.165) is 12.1 Å². The molecule has 3 atom stereocenters. The van der Waals surface area contributed by atoms with Crippen molar-refractivity contribution in [3.05, 3.63) is 92.4 Å². The number of β-amino-alcohol motifs (C(OH)–C–C–N with tert-alkyl or cyclic N) is 1. The molecule has 2 fully saturated rings. The fraction of sp³-hybridized carbons (Fsp3) is 0.371. The maximum Gasteiger partial charge on any atom is 0.435 e. The first-order chi connectivity index (χ1) is 25.9. The number of rotatable bonds is 8. The van der Waals surface area contributed by atoms with Gasteiger partial charge in [-0.2, -0.15) is 37.1 Å². The van der Waals surface area contributed by atoms with Gasteiger partial charge in [-0.05, 0) is 68.5 Å². The van der Waals surface area contributed by atoms with Gasteiger partial charge in [-0.1, -0.05) is 11.3 Å². The number of nitrogens with one attached hydrogen (secondary N) is 2. The summed E-state index contributed by atoms with van der Waals surface area (Å²) in [5.41, 5.74) is -2.69. The first-order valence-electron chi connectivity index (χ1n) is 17.0. The van der Waals surface area contributed by atoms with Crippen LogP contribution in [0.2, 0.25) is 0 Å². The number of carbonyl (C=O) groups is 1. The molecule has 1 saturated carbocycles. The first-order valence-corrected chi connectivity index (χ1v) is 17.9. The van der Waals surface area contributed by atoms with Crippen LogP contribution in [0.4, 0.5) is 35.9 Å². The van der Waals surface area contributed by atoms with E-state index in [1.165, 1.54) is 15.7 Å². The summed E-state index contributed by atoms with van der Waals surface area (Å²) in [6, 6.07) is 6.35. The molecule has 0 radical (unpaired) electrons. The molecule has 0 spiro atoms. The molecule has 20 heteroatoms. The Labute approximate surface area is 308 Å². The Morgan fingerprint density at radius 3 is 2.53 bits per heavy atom. The molecule has 12 nitrogen and oxygen atoms in total. The molecule has 1 aromatic carbocycles. The Morgan fingerprint density at radius 1 is 1.11 bits per heavy atom. The van der Waals surface area contributed by atoms with Crippen molar-refractivity contribution in [1.29, 1.82) is 0 Å². The molecule has 0 bridgehead atoms. The lowest BCUT2D eigenvalue weighted by Crippen LogP contribution is -2.60. The predicted octanol–water partition coefficient (Wildman–Crippen LogP) is 5.38. The van der Waals surface area contributed by atoms with Gasteiger partial charge in [-0.15, -0.1) is 0 Å². The van der Waals surface area contributed by atoms with E-state index in [1.807, 2.05) is 4.90 Å². The van der Waals surface area contributed by atoms with Crippen LogP contribution >= 0.6 is 11.3 Å². The number of anilines is 1. The van der Waals surface area contributed by atoms with Crippen LogP contribution in [-0.2, 0) is 29.9 Å². The normalized spacial score (nSPS) is 20.1. The van der Waals surface area contributed by atoms with Gasteiger partial charge in [0, 0.05) is 34.4 Å². The molecule has 0 unspecified atom stereocenters. The summed E-state index contributed by atoms with van der Waals surface area (Å²) in [5, 5.41) is 23.4. The molecule has 6 heterocycles. The van der Waals surface area contributed by atoms with Crippen molar-refractivity contribution in [1.82, 2.24) is 39.7 Å². The number of thiazole rings is 1. The molecule has 286 valence electrons. The number of aromatic amines is 1. The Balaban J connectivity index is 1.17. The van der Waals surface area contributed by atoms with Crippen LogP contribution in [-0.4, -0.2) is 64.1 Å². The van der Waals surface area contributed by atoms with Crippen molar-refractivity contribution in [3.8, 4) is 11.1 Å². The molecule has 55 heavy (non-hydrogen) atoms. The molecular formula is C35H28F7N9O3S. The van der Waals surface area contributed by atoms with Gasteiger partial charge in [0.25, 0.3) is 5.92 Å². The number of carbonyl (C=O) groups excluding carboxylic acids is 1. The van der Waals surface area contributed by atoms with Crippen molar-refractivity contribution >= 4 is 38.4 Å². The monoisotopic (exact) mass is 787 g/mol. The number of halogens is 7. The fourth-order valence-corrected chi connectivity index (χ4v) is 8.92. The van der Waals surface area contributed by atoms with Gasteiger partial charge in [0.05, 0.1) is 35.1 Å². The maximum absolute atomic E-state index is 15.4. The largest absolute Gasteiger partial charge is 0.435 e. The van der Waals surface area contributed by atoms with E-state index in [4.69, 9.17) is 4.98 Å². The third kappa shape index (κ3) is 5.83. The number of hydrogen-bond donors (Lipinski definition) is 3. The number of aliphatic hydroxyl groups is 1. The van der Waals surface area contributed by atoms with Crippen LogP contribution in [0.15, 0.2) is 41.2 Å². The van der Waals surface area contributed by atoms with E-state index in [2.05, 4.69) is 25.6 Å². The molecule has 3 aliphatic rings. The zero-order chi connectivity index (χ0) is 38.9. The van der Waals surface area contributed by atoms with Crippen LogP contribution in [0, 0.1) is 24.5 Å². The highest BCUT2D eigenvalue weighted by Gasteiger charge is 2.68. The minimum Gasteiger partial charge on any atom is -0.386 e. The van der Waals surface area contributed by atoms with Gasteiger partial charge in [0.2, 0.25) is 5.91 Å². The number of hydrogen-bond acceptors (Lipinski definition) is 9. The third-order valence-electron chi connectivity index (χ3n) is 10.4. The van der Waals surface area contributed by atoms with Crippen LogP contribution in [0.3, 0.4) is 0 Å². The SMILES string of the molecule is Cc1c(-c2cc3sc(N4CC(C)(O)C4)nc3nc2[C@H](Cc2cc(F)cc(F)c2)NC(=O)Cn2nc(C(F)(F)F)c3c2C(F)(F)[C@@H]2C[C@H]32)ccc2n[nH]c(=O)n12. The van der Waals surface area contributed by atoms with E-state index in [-0.39, 0.29) is 29.7 Å². The number of pyridine rings is 2. The smallest absolute Gasteiger partial charge is 0.386 e. The molecule has 1 aliphatic heterocycles. The highest BCUT2D eigenvalue weighted by molar-refractivity contribution is 7.22. The van der Waals surface area contributed by atoms with Gasteiger partial charge < -0.3 is 15.3 Å². The van der Waals surface area contributed by atoms with E-state index in [9.17, 15) is 36.6 Å². The molecule has 5 aromatic heterocycles. The van der Waals surface area contributed by atoms with E-state index < -0.39 is 82.3 Å². The highest BCUT2D eigenvalue weighted by atomic mass is 32.1. The molecule has 2 aliphatic carbocycles. The van der Waals surface area contributed by atoms with Gasteiger partial charge in [0.15, 0.2) is 22.1 Å². The Morgan fingerprint density at radius 2 is 1.84 bits per heavy atom. The third-order valence-corrected chi connectivity index (χ3v) is 11.4. The van der Waals surface area contributed by atoms with Gasteiger partial charge in [0.1, 0.15) is 23.9 Å². The second-order valence-corrected chi connectivity index (χ2v) is 15.6. The highest BCUT2D eigenvalue weighted by Crippen LogP contribution is 2.68. The lowest BCUT2D eigenvalue weighted by atomic mass is 9.94. The first kappa shape index (κ1) is 35.3. The van der Waals surface area contributed by atoms with Gasteiger partial charge >= 0.3 is 11.9 Å². The lowest BCUT2D eigenvalue weighted by molar-refractivity contribution is -0.142. The van der Waals surface area contributed by atoms with E-state index in [0.29, 0.717) is 56.1 Å². The van der Waals surface area contributed by atoms with Crippen molar-refractivity contribution in [3.63, 3.8) is 0 Å². The minimum atomic E-state index is -5.05. The summed E-state index contributed by atoms with van der Waals surface area (Å²) >= 11 is 1.26. The molecule has 1 saturated heterocycles. The summed E-state index contributed by atoms with van der Waals surface area (Å²) in [6.45, 7) is 2.87. The van der Waals surface area contributed by atoms with Crippen molar-refractivity contribution < 1.29 is 40.6 Å². The van der Waals surface area contributed by atoms with Gasteiger partial charge in [-0.25, -0.2) is 28.1 Å². The number of nitrogens with zero attached hydrogens (tertiary/aromatic N) is 7. The van der Waals surface area contributed by atoms with Gasteiger partial charge in [-0.3, -0.25) is 9.48 Å². The number of benzene rings is 1. The zero-order valence-electron chi connectivity index (χ0n) is 28.7. The number of fused-ring (bicyclic) bond motifs is 5. The lowest BCUT2D eigenvalue weighted by Gasteiger charge is -2.43. The molecular weight excluding hydrogens is 759 g/mol. The standard InChI is InChI=1S/C35H28F7N9O3S/c1-14-18(3-4-24-46-47-31(53)51(14)24)19-10-23-30(45-32(55-23)49-12-33(2,54)13-49)44-27(19)22(7-15-5-16(36)8-17(37)6-15)43-25(52)11-50-29-26(28(48-50)35(40,41)42)20-9-21(20)34(29,38)39/h3-6,8,10,20-22,54H,7,9,11-13H2,1-2H3,(H,43,52)(H,47,53)/t20-,21+,22-/m0/s1. The fourth-order valence-electron chi connectivity index (χ4n) is 7.97. The summed E-state index contributed by atoms with van der Waals surface area (Å²) in [4.78, 5) is 37.9. The summed E-state index contributed by atoms with van der Waals surface area (Å²) in [7, 11) is 0. The summed E-state index contributed by atoms with van der Waals surface area (Å²) in [5.74, 6) is -8.88. The molecule has 3 N–H and O–H groups in total. The Bertz CT molecular complexity index is 2620. The summed E-state index contributed by atoms with van der Waals surface area (Å²) in [6.07, 6.45) is -5.50.